The predicted octanol–water partition coefficient (Wildman–Crippen LogP) is 3.09. The van der Waals surface area contributed by atoms with Crippen molar-refractivity contribution in [2.24, 2.45) is 39.9 Å². The van der Waals surface area contributed by atoms with Crippen LogP contribution in [0, 0.1) is 39.9 Å². The van der Waals surface area contributed by atoms with Crippen LogP contribution in [0.2, 0.25) is 0 Å². The second-order valence-electron chi connectivity index (χ2n) is 14.9. The third kappa shape index (κ3) is 3.93. The Morgan fingerprint density at radius 2 is 1.76 bits per heavy atom. The van der Waals surface area contributed by atoms with Crippen LogP contribution in [0.15, 0.2) is 23.0 Å². The zero-order chi connectivity index (χ0) is 33.1. The molecule has 1 spiro atoms. The van der Waals surface area contributed by atoms with Crippen molar-refractivity contribution in [3.63, 3.8) is 0 Å². The molecule has 3 heterocycles. The third-order valence-electron chi connectivity index (χ3n) is 11.8. The molecule has 1 aromatic rings. The van der Waals surface area contributed by atoms with E-state index in [9.17, 15) is 29.1 Å². The van der Waals surface area contributed by atoms with Gasteiger partial charge in [-0.15, -0.1) is 0 Å². The Labute approximate surface area is 261 Å². The third-order valence-corrected chi connectivity index (χ3v) is 11.8. The minimum Gasteiger partial charge on any atom is -0.472 e. The minimum atomic E-state index is -2.34. The highest BCUT2D eigenvalue weighted by molar-refractivity contribution is 5.99. The molecule has 11 atom stereocenters. The van der Waals surface area contributed by atoms with Gasteiger partial charge in [0.15, 0.2) is 11.4 Å². The maximum Gasteiger partial charge on any atom is 0.347 e. The van der Waals surface area contributed by atoms with Gasteiger partial charge in [-0.1, -0.05) is 41.5 Å². The van der Waals surface area contributed by atoms with Gasteiger partial charge in [-0.3, -0.25) is 19.2 Å². The van der Waals surface area contributed by atoms with Crippen molar-refractivity contribution >= 4 is 29.7 Å². The number of hydrogen-bond acceptors (Lipinski definition) is 12. The number of carbonyl (C=O) groups excluding carboxylic acids is 5. The number of hydrogen-bond donors (Lipinski definition) is 1. The van der Waals surface area contributed by atoms with Crippen LogP contribution in [0.3, 0.4) is 0 Å². The molecular formula is C33H42O12. The van der Waals surface area contributed by atoms with E-state index in [1.165, 1.54) is 12.5 Å². The Balaban J connectivity index is 1.58. The van der Waals surface area contributed by atoms with Crippen LogP contribution in [0.5, 0.6) is 0 Å². The van der Waals surface area contributed by atoms with Crippen molar-refractivity contribution in [2.75, 3.05) is 7.11 Å². The van der Waals surface area contributed by atoms with E-state index in [1.54, 1.807) is 40.7 Å². The SMILES string of the molecule is COC(=O)[C@H](OC(C)=O)[C@@H]1C(C)(C)[C@@H](OC(=O)C(C)C)[C@]2(O)C(=O)[C@@]1(C)[C@@H]1CC[C@]3(C)[C@@H](c4ccoc4)OC(=O)C[C@H]3[C@@]13O[C@@H]23. The van der Waals surface area contributed by atoms with E-state index < -0.39 is 105 Å². The van der Waals surface area contributed by atoms with Crippen LogP contribution >= 0.6 is 0 Å². The summed E-state index contributed by atoms with van der Waals surface area (Å²) in [4.78, 5) is 67.3. The molecule has 0 unspecified atom stereocenters. The number of ketones is 1. The summed E-state index contributed by atoms with van der Waals surface area (Å²) >= 11 is 0. The number of carbonyl (C=O) groups is 5. The van der Waals surface area contributed by atoms with Crippen LogP contribution in [-0.4, -0.2) is 71.4 Å². The zero-order valence-electron chi connectivity index (χ0n) is 26.9. The van der Waals surface area contributed by atoms with Gasteiger partial charge in [0.1, 0.15) is 23.9 Å². The minimum absolute atomic E-state index is 0.0346. The average Bonchev–Trinajstić information content (AvgIpc) is 3.45. The van der Waals surface area contributed by atoms with Crippen molar-refractivity contribution in [3.8, 4) is 0 Å². The molecule has 6 rings (SSSR count). The Bertz CT molecular complexity index is 1450. The molecule has 2 bridgehead atoms. The number of esters is 4. The summed E-state index contributed by atoms with van der Waals surface area (Å²) in [6.45, 7) is 11.5. The van der Waals surface area contributed by atoms with Gasteiger partial charge in [0.05, 0.1) is 32.0 Å². The molecule has 0 aromatic carbocycles. The molecule has 0 amide bonds. The first-order valence-corrected chi connectivity index (χ1v) is 15.6. The summed E-state index contributed by atoms with van der Waals surface area (Å²) in [6, 6.07) is 1.74. The van der Waals surface area contributed by atoms with E-state index in [0.717, 1.165) is 14.0 Å². The molecular weight excluding hydrogens is 588 g/mol. The Morgan fingerprint density at radius 1 is 1.07 bits per heavy atom. The van der Waals surface area contributed by atoms with Crippen molar-refractivity contribution < 1.29 is 57.2 Å². The second kappa shape index (κ2) is 9.87. The van der Waals surface area contributed by atoms with Crippen molar-refractivity contribution in [2.45, 2.75) is 103 Å². The van der Waals surface area contributed by atoms with E-state index in [-0.39, 0.29) is 6.42 Å². The number of cyclic esters (lactones) is 1. The van der Waals surface area contributed by atoms with Crippen molar-refractivity contribution in [3.05, 3.63) is 24.2 Å². The van der Waals surface area contributed by atoms with Gasteiger partial charge in [-0.2, -0.15) is 0 Å². The number of furan rings is 1. The highest BCUT2D eigenvalue weighted by Crippen LogP contribution is 2.78. The van der Waals surface area contributed by atoms with Gasteiger partial charge in [0, 0.05) is 46.5 Å². The molecule has 0 radical (unpaired) electrons. The lowest BCUT2D eigenvalue weighted by atomic mass is 9.36. The fraction of sp³-hybridized carbons (Fsp3) is 0.727. The van der Waals surface area contributed by atoms with E-state index >= 15 is 0 Å². The number of rotatable bonds is 6. The molecule has 3 saturated carbocycles. The molecule has 246 valence electrons. The quantitative estimate of drug-likeness (QED) is 0.277. The molecule has 2 aliphatic heterocycles. The summed E-state index contributed by atoms with van der Waals surface area (Å²) in [7, 11) is 1.16. The summed E-state index contributed by atoms with van der Waals surface area (Å²) in [5, 5.41) is 12.8. The van der Waals surface area contributed by atoms with Crippen LogP contribution in [0.25, 0.3) is 0 Å². The molecule has 3 aliphatic carbocycles. The number of aliphatic hydroxyl groups is 1. The number of epoxide rings is 1. The Hall–Kier alpha value is -3.25. The van der Waals surface area contributed by atoms with E-state index in [4.69, 9.17) is 28.1 Å². The maximum absolute atomic E-state index is 14.9. The molecule has 45 heavy (non-hydrogen) atoms. The largest absolute Gasteiger partial charge is 0.472 e. The lowest BCUT2D eigenvalue weighted by Crippen LogP contribution is -2.81. The molecule has 5 fully saturated rings. The van der Waals surface area contributed by atoms with E-state index in [1.807, 2.05) is 6.92 Å². The van der Waals surface area contributed by atoms with Crippen LogP contribution in [0.4, 0.5) is 0 Å². The van der Waals surface area contributed by atoms with Gasteiger partial charge < -0.3 is 33.2 Å². The second-order valence-corrected chi connectivity index (χ2v) is 14.9. The lowest BCUT2D eigenvalue weighted by molar-refractivity contribution is -0.263. The average molecular weight is 631 g/mol. The Kier molecular flexibility index (Phi) is 6.96. The molecule has 12 heteroatoms. The monoisotopic (exact) mass is 630 g/mol. The molecule has 1 N–H and O–H groups in total. The lowest BCUT2D eigenvalue weighted by Gasteiger charge is -2.67. The first-order valence-electron chi connectivity index (χ1n) is 15.6. The maximum atomic E-state index is 14.9. The van der Waals surface area contributed by atoms with Crippen molar-refractivity contribution in [1.82, 2.24) is 0 Å². The number of Topliss-reactive ketones (excluding diaryl/α,β-unsaturated/α-hetero) is 1. The van der Waals surface area contributed by atoms with E-state index in [0.29, 0.717) is 18.4 Å². The standard InChI is InChI=1S/C33H42O12/c1-15(2)24(36)44-27-29(4,5)22(21(25(37)40-8)42-16(3)34)31(7)18-9-11-30(6)19(33(18)28(45-33)32(27,39)26(31)38)13-20(35)43-23(30)17-10-12-41-14-17/h10,12,14-15,18-19,21-23,27-28,39H,9,11,13H2,1-8H3/t18-,19+,21+,22+,23+,27+,28-,30-,31-,32+,33-/m0/s1. The van der Waals surface area contributed by atoms with Crippen LogP contribution in [0.1, 0.15) is 79.4 Å². The van der Waals surface area contributed by atoms with Gasteiger partial charge >= 0.3 is 23.9 Å². The number of fused-ring (bicyclic) bond motifs is 5. The zero-order valence-corrected chi connectivity index (χ0v) is 26.9. The Morgan fingerprint density at radius 3 is 2.33 bits per heavy atom. The topological polar surface area (TPSA) is 168 Å². The summed E-state index contributed by atoms with van der Waals surface area (Å²) in [6.07, 6.45) is -0.915. The van der Waals surface area contributed by atoms with Gasteiger partial charge in [-0.25, -0.2) is 4.79 Å². The fourth-order valence-electron chi connectivity index (χ4n) is 10.1. The van der Waals surface area contributed by atoms with Gasteiger partial charge in [0.2, 0.25) is 6.10 Å². The number of methoxy groups -OCH3 is 1. The predicted molar refractivity (Wildman–Crippen MR) is 152 cm³/mol. The van der Waals surface area contributed by atoms with Gasteiger partial charge in [-0.05, 0) is 18.9 Å². The molecule has 5 aliphatic rings. The van der Waals surface area contributed by atoms with Crippen LogP contribution < -0.4 is 0 Å². The summed E-state index contributed by atoms with van der Waals surface area (Å²) in [5.74, 6) is -6.28. The van der Waals surface area contributed by atoms with Crippen LogP contribution in [-0.2, 0) is 47.7 Å². The van der Waals surface area contributed by atoms with Gasteiger partial charge in [0.25, 0.3) is 0 Å². The fourth-order valence-corrected chi connectivity index (χ4v) is 10.1. The first-order chi connectivity index (χ1) is 20.9. The van der Waals surface area contributed by atoms with E-state index in [2.05, 4.69) is 0 Å². The number of ether oxygens (including phenoxy) is 5. The highest BCUT2D eigenvalue weighted by atomic mass is 16.6. The highest BCUT2D eigenvalue weighted by Gasteiger charge is 2.91. The first kappa shape index (κ1) is 31.7. The normalized spacial score (nSPS) is 43.2. The summed E-state index contributed by atoms with van der Waals surface area (Å²) < 4.78 is 34.6. The molecule has 1 aromatic heterocycles. The molecule has 2 saturated heterocycles. The summed E-state index contributed by atoms with van der Waals surface area (Å²) in [5.41, 5.74) is -6.43. The smallest absolute Gasteiger partial charge is 0.347 e. The molecule has 12 nitrogen and oxygen atoms in total. The van der Waals surface area contributed by atoms with Crippen molar-refractivity contribution in [1.29, 1.82) is 0 Å².